The van der Waals surface area contributed by atoms with Gasteiger partial charge in [0, 0.05) is 5.56 Å². The van der Waals surface area contributed by atoms with E-state index in [9.17, 15) is 4.79 Å². The number of carbonyl (C=O) groups excluding carboxylic acids is 1. The lowest BCUT2D eigenvalue weighted by Gasteiger charge is -2.06. The van der Waals surface area contributed by atoms with Gasteiger partial charge in [0.25, 0.3) is 5.91 Å². The Morgan fingerprint density at radius 1 is 0.769 bits per heavy atom. The van der Waals surface area contributed by atoms with Crippen LogP contribution in [0.2, 0.25) is 0 Å². The Bertz CT molecular complexity index is 942. The molecule has 0 spiro atoms. The summed E-state index contributed by atoms with van der Waals surface area (Å²) in [6, 6.07) is 24.0. The Balaban J connectivity index is 1.71. The SMILES string of the molecule is C/C(=N\NC(=O)c1ccc(C)c(C)c1)c1ccc(-c2ccccc2)cc1. The molecule has 1 N–H and O–H groups in total. The highest BCUT2D eigenvalue weighted by Gasteiger charge is 2.06. The molecule has 0 radical (unpaired) electrons. The van der Waals surface area contributed by atoms with E-state index in [2.05, 4.69) is 34.8 Å². The van der Waals surface area contributed by atoms with Crippen molar-refractivity contribution in [2.75, 3.05) is 0 Å². The van der Waals surface area contributed by atoms with Crippen molar-refractivity contribution in [2.24, 2.45) is 5.10 Å². The van der Waals surface area contributed by atoms with Crippen molar-refractivity contribution in [3.63, 3.8) is 0 Å². The van der Waals surface area contributed by atoms with Crippen LogP contribution < -0.4 is 5.43 Å². The van der Waals surface area contributed by atoms with Crippen molar-refractivity contribution >= 4 is 11.6 Å². The zero-order chi connectivity index (χ0) is 18.5. The Morgan fingerprint density at radius 2 is 1.38 bits per heavy atom. The molecule has 0 saturated carbocycles. The molecule has 1 amide bonds. The number of hydrogen-bond donors (Lipinski definition) is 1. The lowest BCUT2D eigenvalue weighted by molar-refractivity contribution is 0.0954. The molecule has 0 aromatic heterocycles. The minimum atomic E-state index is -0.201. The molecule has 0 saturated heterocycles. The average molecular weight is 342 g/mol. The van der Waals surface area contributed by atoms with Crippen molar-refractivity contribution in [1.82, 2.24) is 5.43 Å². The van der Waals surface area contributed by atoms with Crippen molar-refractivity contribution in [1.29, 1.82) is 0 Å². The first-order valence-electron chi connectivity index (χ1n) is 8.62. The van der Waals surface area contributed by atoms with Crippen LogP contribution in [0.3, 0.4) is 0 Å². The minimum Gasteiger partial charge on any atom is -0.267 e. The van der Waals surface area contributed by atoms with Crippen LogP contribution in [0.5, 0.6) is 0 Å². The lowest BCUT2D eigenvalue weighted by Crippen LogP contribution is -2.19. The number of benzene rings is 3. The molecular weight excluding hydrogens is 320 g/mol. The lowest BCUT2D eigenvalue weighted by atomic mass is 10.0. The van der Waals surface area contributed by atoms with Gasteiger partial charge < -0.3 is 0 Å². The molecule has 0 heterocycles. The molecule has 3 rings (SSSR count). The van der Waals surface area contributed by atoms with Gasteiger partial charge >= 0.3 is 0 Å². The summed E-state index contributed by atoms with van der Waals surface area (Å²) in [4.78, 5) is 12.3. The topological polar surface area (TPSA) is 41.5 Å². The van der Waals surface area contributed by atoms with E-state index in [0.717, 1.165) is 22.4 Å². The van der Waals surface area contributed by atoms with Gasteiger partial charge in [0.05, 0.1) is 5.71 Å². The van der Waals surface area contributed by atoms with E-state index in [1.807, 2.05) is 69.3 Å². The van der Waals surface area contributed by atoms with Gasteiger partial charge in [-0.3, -0.25) is 4.79 Å². The molecule has 130 valence electrons. The van der Waals surface area contributed by atoms with Crippen molar-refractivity contribution in [3.05, 3.63) is 95.1 Å². The third-order valence-corrected chi connectivity index (χ3v) is 4.50. The number of hydrogen-bond acceptors (Lipinski definition) is 2. The fraction of sp³-hybridized carbons (Fsp3) is 0.130. The van der Waals surface area contributed by atoms with Crippen LogP contribution in [-0.4, -0.2) is 11.6 Å². The molecule has 3 heteroatoms. The molecule has 0 bridgehead atoms. The maximum absolute atomic E-state index is 12.3. The summed E-state index contributed by atoms with van der Waals surface area (Å²) in [6.45, 7) is 5.91. The maximum atomic E-state index is 12.3. The van der Waals surface area contributed by atoms with Gasteiger partial charge in [-0.25, -0.2) is 5.43 Å². The van der Waals surface area contributed by atoms with Gasteiger partial charge in [0.1, 0.15) is 0 Å². The van der Waals surface area contributed by atoms with E-state index in [1.165, 1.54) is 11.1 Å². The van der Waals surface area contributed by atoms with Gasteiger partial charge in [-0.1, -0.05) is 60.7 Å². The highest BCUT2D eigenvalue weighted by atomic mass is 16.2. The van der Waals surface area contributed by atoms with Crippen LogP contribution in [0.4, 0.5) is 0 Å². The van der Waals surface area contributed by atoms with Crippen LogP contribution >= 0.6 is 0 Å². The number of amides is 1. The van der Waals surface area contributed by atoms with Crippen LogP contribution in [-0.2, 0) is 0 Å². The standard InChI is InChI=1S/C23H22N2O/c1-16-9-10-22(15-17(16)2)23(26)25-24-18(3)19-11-13-21(14-12-19)20-7-5-4-6-8-20/h4-15H,1-3H3,(H,25,26)/b24-18+. The molecular formula is C23H22N2O. The molecule has 0 unspecified atom stereocenters. The summed E-state index contributed by atoms with van der Waals surface area (Å²) in [5.41, 5.74) is 9.59. The summed E-state index contributed by atoms with van der Waals surface area (Å²) in [6.07, 6.45) is 0. The predicted molar refractivity (Wildman–Crippen MR) is 107 cm³/mol. The smallest absolute Gasteiger partial charge is 0.267 e. The number of hydrazone groups is 1. The van der Waals surface area contributed by atoms with Crippen LogP contribution in [0.15, 0.2) is 77.9 Å². The molecule has 0 atom stereocenters. The summed E-state index contributed by atoms with van der Waals surface area (Å²) >= 11 is 0. The first-order chi connectivity index (χ1) is 12.5. The van der Waals surface area contributed by atoms with E-state index in [0.29, 0.717) is 5.56 Å². The first kappa shape index (κ1) is 17.6. The van der Waals surface area contributed by atoms with E-state index < -0.39 is 0 Å². The molecule has 0 aliphatic rings. The number of nitrogens with one attached hydrogen (secondary N) is 1. The van der Waals surface area contributed by atoms with Gasteiger partial charge in [0.15, 0.2) is 0 Å². The quantitative estimate of drug-likeness (QED) is 0.518. The second-order valence-corrected chi connectivity index (χ2v) is 6.38. The molecule has 0 fully saturated rings. The second-order valence-electron chi connectivity index (χ2n) is 6.38. The third-order valence-electron chi connectivity index (χ3n) is 4.50. The van der Waals surface area contributed by atoms with Crippen LogP contribution in [0, 0.1) is 13.8 Å². The number of aryl methyl sites for hydroxylation is 2. The fourth-order valence-corrected chi connectivity index (χ4v) is 2.68. The fourth-order valence-electron chi connectivity index (χ4n) is 2.68. The van der Waals surface area contributed by atoms with Crippen LogP contribution in [0.1, 0.15) is 34.0 Å². The number of nitrogens with zero attached hydrogens (tertiary/aromatic N) is 1. The Hall–Kier alpha value is -3.20. The normalized spacial score (nSPS) is 11.3. The summed E-state index contributed by atoms with van der Waals surface area (Å²) in [7, 11) is 0. The molecule has 3 nitrogen and oxygen atoms in total. The third kappa shape index (κ3) is 4.06. The molecule has 0 aliphatic carbocycles. The van der Waals surface area contributed by atoms with E-state index in [-0.39, 0.29) is 5.91 Å². The van der Waals surface area contributed by atoms with Gasteiger partial charge in [-0.2, -0.15) is 5.10 Å². The Kier molecular flexibility index (Phi) is 5.28. The number of carbonyl (C=O) groups is 1. The average Bonchev–Trinajstić information content (AvgIpc) is 2.68. The van der Waals surface area contributed by atoms with Gasteiger partial charge in [0.2, 0.25) is 0 Å². The van der Waals surface area contributed by atoms with Crippen molar-refractivity contribution in [3.8, 4) is 11.1 Å². The van der Waals surface area contributed by atoms with E-state index >= 15 is 0 Å². The summed E-state index contributed by atoms with van der Waals surface area (Å²) in [5.74, 6) is -0.201. The second kappa shape index (κ2) is 7.79. The molecule has 3 aromatic carbocycles. The highest BCUT2D eigenvalue weighted by molar-refractivity contribution is 6.01. The largest absolute Gasteiger partial charge is 0.271 e. The zero-order valence-electron chi connectivity index (χ0n) is 15.3. The molecule has 26 heavy (non-hydrogen) atoms. The monoisotopic (exact) mass is 342 g/mol. The minimum absolute atomic E-state index is 0.201. The molecule has 3 aromatic rings. The Morgan fingerprint density at radius 3 is 2.04 bits per heavy atom. The zero-order valence-corrected chi connectivity index (χ0v) is 15.3. The predicted octanol–water partition coefficient (Wildman–Crippen LogP) is 5.12. The van der Waals surface area contributed by atoms with E-state index in [4.69, 9.17) is 0 Å². The maximum Gasteiger partial charge on any atom is 0.271 e. The van der Waals surface area contributed by atoms with E-state index in [1.54, 1.807) is 0 Å². The van der Waals surface area contributed by atoms with Crippen LogP contribution in [0.25, 0.3) is 11.1 Å². The van der Waals surface area contributed by atoms with Crippen molar-refractivity contribution in [2.45, 2.75) is 20.8 Å². The summed E-state index contributed by atoms with van der Waals surface area (Å²) in [5, 5.41) is 4.24. The van der Waals surface area contributed by atoms with Gasteiger partial charge in [-0.05, 0) is 60.7 Å². The first-order valence-corrected chi connectivity index (χ1v) is 8.62. The molecule has 0 aliphatic heterocycles. The Labute approximate surface area is 154 Å². The highest BCUT2D eigenvalue weighted by Crippen LogP contribution is 2.19. The van der Waals surface area contributed by atoms with Gasteiger partial charge in [-0.15, -0.1) is 0 Å². The summed E-state index contributed by atoms with van der Waals surface area (Å²) < 4.78 is 0. The number of rotatable bonds is 4. The van der Waals surface area contributed by atoms with Crippen molar-refractivity contribution < 1.29 is 4.79 Å².